The van der Waals surface area contributed by atoms with Gasteiger partial charge in [-0.05, 0) is 25.1 Å². The lowest BCUT2D eigenvalue weighted by atomic mass is 10.1. The van der Waals surface area contributed by atoms with E-state index in [-0.39, 0.29) is 0 Å². The van der Waals surface area contributed by atoms with Crippen molar-refractivity contribution in [1.82, 2.24) is 15.2 Å². The highest BCUT2D eigenvalue weighted by atomic mass is 16.5. The van der Waals surface area contributed by atoms with Crippen LogP contribution in [0.3, 0.4) is 0 Å². The van der Waals surface area contributed by atoms with E-state index in [1.54, 1.807) is 21.3 Å². The number of piperazine rings is 1. The number of methoxy groups -OCH3 is 3. The van der Waals surface area contributed by atoms with Gasteiger partial charge in [-0.2, -0.15) is 0 Å². The second kappa shape index (κ2) is 10.6. The smallest absolute Gasteiger partial charge is 0.194 e. The van der Waals surface area contributed by atoms with Gasteiger partial charge < -0.3 is 29.3 Å². The summed E-state index contributed by atoms with van der Waals surface area (Å²) in [7, 11) is 4.89. The van der Waals surface area contributed by atoms with Crippen molar-refractivity contribution in [2.75, 3.05) is 59.0 Å². The van der Waals surface area contributed by atoms with Crippen molar-refractivity contribution < 1.29 is 14.2 Å². The lowest BCUT2D eigenvalue weighted by Gasteiger charge is -2.37. The Morgan fingerprint density at radius 3 is 2.30 bits per heavy atom. The zero-order valence-corrected chi connectivity index (χ0v) is 18.2. The van der Waals surface area contributed by atoms with Crippen LogP contribution in [-0.2, 0) is 6.54 Å². The van der Waals surface area contributed by atoms with Crippen molar-refractivity contribution >= 4 is 11.8 Å². The number of rotatable bonds is 7. The summed E-state index contributed by atoms with van der Waals surface area (Å²) in [5.74, 6) is 3.95. The van der Waals surface area contributed by atoms with Crippen LogP contribution in [-0.4, -0.2) is 69.9 Å². The molecular weight excluding hydrogens is 382 g/mol. The van der Waals surface area contributed by atoms with Crippen LogP contribution in [0.2, 0.25) is 0 Å². The van der Waals surface area contributed by atoms with Crippen LogP contribution < -0.4 is 24.4 Å². The first-order chi connectivity index (χ1) is 14.7. The monoisotopic (exact) mass is 413 g/mol. The predicted octanol–water partition coefficient (Wildman–Crippen LogP) is 2.40. The van der Waals surface area contributed by atoms with E-state index in [0.29, 0.717) is 18.0 Å². The van der Waals surface area contributed by atoms with Gasteiger partial charge in [-0.3, -0.25) is 0 Å². The Morgan fingerprint density at radius 2 is 1.70 bits per heavy atom. The molecule has 1 aliphatic rings. The van der Waals surface area contributed by atoms with E-state index in [1.807, 2.05) is 30.5 Å². The summed E-state index contributed by atoms with van der Waals surface area (Å²) in [6.07, 6.45) is 1.84. The first-order valence-corrected chi connectivity index (χ1v) is 10.2. The average Bonchev–Trinajstić information content (AvgIpc) is 2.81. The third-order valence-electron chi connectivity index (χ3n) is 5.07. The molecule has 1 aromatic heterocycles. The summed E-state index contributed by atoms with van der Waals surface area (Å²) in [5, 5.41) is 3.41. The van der Waals surface area contributed by atoms with Gasteiger partial charge in [0, 0.05) is 50.6 Å². The second-order valence-electron chi connectivity index (χ2n) is 6.85. The minimum atomic E-state index is 0.478. The number of pyridine rings is 1. The zero-order valence-electron chi connectivity index (χ0n) is 18.2. The van der Waals surface area contributed by atoms with Crippen LogP contribution in [0, 0.1) is 0 Å². The number of benzene rings is 1. The van der Waals surface area contributed by atoms with Crippen molar-refractivity contribution in [3.63, 3.8) is 0 Å². The number of nitrogens with one attached hydrogen (secondary N) is 1. The minimum Gasteiger partial charge on any atom is -0.496 e. The van der Waals surface area contributed by atoms with E-state index in [4.69, 9.17) is 19.2 Å². The Kier molecular flexibility index (Phi) is 7.59. The molecule has 0 amide bonds. The number of ether oxygens (including phenoxy) is 3. The maximum Gasteiger partial charge on any atom is 0.194 e. The molecule has 2 aromatic rings. The number of hydrogen-bond donors (Lipinski definition) is 1. The molecule has 30 heavy (non-hydrogen) atoms. The maximum atomic E-state index is 5.54. The number of nitrogens with zero attached hydrogens (tertiary/aromatic N) is 4. The third kappa shape index (κ3) is 5.06. The van der Waals surface area contributed by atoms with Gasteiger partial charge in [0.05, 0.1) is 27.9 Å². The maximum absolute atomic E-state index is 5.54. The number of hydrogen-bond acceptors (Lipinski definition) is 6. The van der Waals surface area contributed by atoms with Crippen molar-refractivity contribution in [1.29, 1.82) is 0 Å². The molecule has 0 atom stereocenters. The van der Waals surface area contributed by atoms with Gasteiger partial charge in [-0.1, -0.05) is 6.07 Å². The molecule has 0 unspecified atom stereocenters. The quantitative estimate of drug-likeness (QED) is 0.552. The highest BCUT2D eigenvalue weighted by Crippen LogP contribution is 2.35. The highest BCUT2D eigenvalue weighted by Gasteiger charge is 2.20. The molecular formula is C22H31N5O3. The number of anilines is 1. The summed E-state index contributed by atoms with van der Waals surface area (Å²) < 4.78 is 16.3. The van der Waals surface area contributed by atoms with E-state index < -0.39 is 0 Å². The molecule has 2 heterocycles. The normalized spacial score (nSPS) is 14.5. The Balaban J connectivity index is 1.72. The standard InChI is InChI=1S/C22H31N5O3/c1-5-23-22(27-12-10-26(11-13-27)21-8-6-7-9-24-21)25-16-17-14-19(29-3)20(30-4)15-18(17)28-2/h6-9,14-15H,5,10-13,16H2,1-4H3,(H,23,25). The fourth-order valence-corrected chi connectivity index (χ4v) is 3.49. The average molecular weight is 414 g/mol. The molecule has 1 fully saturated rings. The van der Waals surface area contributed by atoms with Crippen molar-refractivity contribution in [3.8, 4) is 17.2 Å². The third-order valence-corrected chi connectivity index (χ3v) is 5.07. The lowest BCUT2D eigenvalue weighted by Crippen LogP contribution is -2.52. The van der Waals surface area contributed by atoms with Gasteiger partial charge in [0.25, 0.3) is 0 Å². The van der Waals surface area contributed by atoms with Crippen LogP contribution in [0.5, 0.6) is 17.2 Å². The van der Waals surface area contributed by atoms with Crippen LogP contribution >= 0.6 is 0 Å². The summed E-state index contributed by atoms with van der Waals surface area (Å²) in [6, 6.07) is 9.78. The fraction of sp³-hybridized carbons (Fsp3) is 0.455. The molecule has 8 nitrogen and oxygen atoms in total. The molecule has 0 spiro atoms. The number of aliphatic imine (C=N–C) groups is 1. The molecule has 0 aliphatic carbocycles. The van der Waals surface area contributed by atoms with Crippen LogP contribution in [0.1, 0.15) is 12.5 Å². The van der Waals surface area contributed by atoms with Gasteiger partial charge in [0.2, 0.25) is 0 Å². The SMILES string of the molecule is CCNC(=NCc1cc(OC)c(OC)cc1OC)N1CCN(c2ccccn2)CC1. The molecule has 0 bridgehead atoms. The first-order valence-electron chi connectivity index (χ1n) is 10.2. The molecule has 0 saturated carbocycles. The molecule has 1 aromatic carbocycles. The van der Waals surface area contributed by atoms with E-state index in [2.05, 4.69) is 33.1 Å². The molecule has 1 aliphatic heterocycles. The van der Waals surface area contributed by atoms with E-state index >= 15 is 0 Å². The number of guanidine groups is 1. The second-order valence-corrected chi connectivity index (χ2v) is 6.85. The lowest BCUT2D eigenvalue weighted by molar-refractivity contribution is 0.347. The van der Waals surface area contributed by atoms with Gasteiger partial charge >= 0.3 is 0 Å². The summed E-state index contributed by atoms with van der Waals surface area (Å²) in [5.41, 5.74) is 0.942. The van der Waals surface area contributed by atoms with Gasteiger partial charge in [-0.25, -0.2) is 9.98 Å². The molecule has 162 valence electrons. The molecule has 1 saturated heterocycles. The predicted molar refractivity (Wildman–Crippen MR) is 119 cm³/mol. The Hall–Kier alpha value is -3.16. The molecule has 1 N–H and O–H groups in total. The zero-order chi connectivity index (χ0) is 21.3. The Morgan fingerprint density at radius 1 is 1.00 bits per heavy atom. The summed E-state index contributed by atoms with van der Waals surface area (Å²) in [6.45, 7) is 6.94. The number of aromatic nitrogens is 1. The van der Waals surface area contributed by atoms with Crippen molar-refractivity contribution in [2.24, 2.45) is 4.99 Å². The van der Waals surface area contributed by atoms with Crippen LogP contribution in [0.15, 0.2) is 41.5 Å². The van der Waals surface area contributed by atoms with E-state index in [9.17, 15) is 0 Å². The fourth-order valence-electron chi connectivity index (χ4n) is 3.49. The van der Waals surface area contributed by atoms with Gasteiger partial charge in [-0.15, -0.1) is 0 Å². The molecule has 8 heteroatoms. The Labute approximate surface area is 178 Å². The van der Waals surface area contributed by atoms with Crippen LogP contribution in [0.4, 0.5) is 5.82 Å². The van der Waals surface area contributed by atoms with E-state index in [1.165, 1.54) is 0 Å². The minimum absolute atomic E-state index is 0.478. The van der Waals surface area contributed by atoms with Gasteiger partial charge in [0.1, 0.15) is 11.6 Å². The summed E-state index contributed by atoms with van der Waals surface area (Å²) >= 11 is 0. The van der Waals surface area contributed by atoms with Crippen molar-refractivity contribution in [2.45, 2.75) is 13.5 Å². The van der Waals surface area contributed by atoms with Crippen molar-refractivity contribution in [3.05, 3.63) is 42.1 Å². The molecule has 3 rings (SSSR count). The highest BCUT2D eigenvalue weighted by molar-refractivity contribution is 5.80. The molecule has 0 radical (unpaired) electrons. The van der Waals surface area contributed by atoms with Crippen LogP contribution in [0.25, 0.3) is 0 Å². The first kappa shape index (κ1) is 21.5. The summed E-state index contributed by atoms with van der Waals surface area (Å²) in [4.78, 5) is 13.9. The largest absolute Gasteiger partial charge is 0.496 e. The van der Waals surface area contributed by atoms with E-state index in [0.717, 1.165) is 55.8 Å². The van der Waals surface area contributed by atoms with Gasteiger partial charge in [0.15, 0.2) is 17.5 Å². The topological polar surface area (TPSA) is 71.5 Å². The Bertz CT molecular complexity index is 836.